The molecular weight excluding hydrogens is 420 g/mol. The second kappa shape index (κ2) is 8.96. The molecule has 1 fully saturated rings. The van der Waals surface area contributed by atoms with Crippen LogP contribution < -0.4 is 10.9 Å². The smallest absolute Gasteiger partial charge is 0.279 e. The van der Waals surface area contributed by atoms with E-state index in [0.717, 1.165) is 0 Å². The Morgan fingerprint density at radius 1 is 1.00 bits per heavy atom. The zero-order valence-corrected chi connectivity index (χ0v) is 17.5. The van der Waals surface area contributed by atoms with E-state index in [9.17, 15) is 18.0 Å². The normalized spacial score (nSPS) is 15.1. The third-order valence-corrected chi connectivity index (χ3v) is 6.90. The molecular formula is C21H22N4O5S. The number of hydrogen-bond acceptors (Lipinski definition) is 6. The molecule has 1 aliphatic rings. The van der Waals surface area contributed by atoms with Gasteiger partial charge in [-0.15, -0.1) is 0 Å². The van der Waals surface area contributed by atoms with Crippen LogP contribution in [0.5, 0.6) is 0 Å². The Hall–Kier alpha value is -3.08. The van der Waals surface area contributed by atoms with Crippen molar-refractivity contribution in [3.63, 3.8) is 0 Å². The topological polar surface area (TPSA) is 111 Å². The fraction of sp³-hybridized carbons (Fsp3) is 0.286. The van der Waals surface area contributed by atoms with E-state index in [4.69, 9.17) is 4.74 Å². The van der Waals surface area contributed by atoms with Crippen molar-refractivity contribution in [1.29, 1.82) is 0 Å². The highest BCUT2D eigenvalue weighted by molar-refractivity contribution is 7.89. The van der Waals surface area contributed by atoms with Gasteiger partial charge in [-0.2, -0.15) is 14.1 Å². The maximum Gasteiger partial charge on any atom is 0.279 e. The summed E-state index contributed by atoms with van der Waals surface area (Å²) < 4.78 is 32.6. The van der Waals surface area contributed by atoms with Crippen molar-refractivity contribution < 1.29 is 17.9 Å². The fourth-order valence-corrected chi connectivity index (χ4v) is 4.76. The van der Waals surface area contributed by atoms with Crippen LogP contribution in [-0.4, -0.2) is 67.0 Å². The number of ether oxygens (including phenoxy) is 1. The lowest BCUT2D eigenvalue weighted by Gasteiger charge is -2.26. The van der Waals surface area contributed by atoms with Gasteiger partial charge >= 0.3 is 0 Å². The van der Waals surface area contributed by atoms with E-state index in [-0.39, 0.29) is 23.6 Å². The van der Waals surface area contributed by atoms with Crippen molar-refractivity contribution in [3.05, 3.63) is 70.6 Å². The average Bonchev–Trinajstić information content (AvgIpc) is 2.80. The van der Waals surface area contributed by atoms with Gasteiger partial charge in [-0.3, -0.25) is 9.59 Å². The summed E-state index contributed by atoms with van der Waals surface area (Å²) in [5, 5.41) is 7.69. The number of morpholine rings is 1. The zero-order valence-electron chi connectivity index (χ0n) is 16.7. The van der Waals surface area contributed by atoms with Gasteiger partial charge < -0.3 is 10.1 Å². The molecule has 0 atom stereocenters. The predicted molar refractivity (Wildman–Crippen MR) is 116 cm³/mol. The van der Waals surface area contributed by atoms with Crippen LogP contribution in [0, 0.1) is 0 Å². The van der Waals surface area contributed by atoms with E-state index >= 15 is 0 Å². The van der Waals surface area contributed by atoms with Crippen molar-refractivity contribution in [2.75, 3.05) is 38.6 Å². The molecule has 2 aromatic carbocycles. The van der Waals surface area contributed by atoms with E-state index in [1.165, 1.54) is 8.99 Å². The standard InChI is InChI=1S/C21H22N4O5S/c26-20(22-10-15-31(28,29)24-11-13-30-14-12-24)19-17-8-4-5-9-18(17)21(27)25(23-19)16-6-2-1-3-7-16/h1-9H,10-15H2,(H,22,26). The van der Waals surface area contributed by atoms with E-state index in [1.54, 1.807) is 48.5 Å². The number of carbonyl (C=O) groups excluding carboxylic acids is 1. The summed E-state index contributed by atoms with van der Waals surface area (Å²) in [6, 6.07) is 15.5. The molecule has 162 valence electrons. The van der Waals surface area contributed by atoms with Crippen LogP contribution in [0.3, 0.4) is 0 Å². The van der Waals surface area contributed by atoms with Gasteiger partial charge in [0.15, 0.2) is 5.69 Å². The minimum Gasteiger partial charge on any atom is -0.379 e. The number of amides is 1. The molecule has 2 heterocycles. The van der Waals surface area contributed by atoms with Crippen LogP contribution in [0.15, 0.2) is 59.4 Å². The summed E-state index contributed by atoms with van der Waals surface area (Å²) in [4.78, 5) is 25.8. The molecule has 1 aromatic heterocycles. The average molecular weight is 442 g/mol. The van der Waals surface area contributed by atoms with Gasteiger partial charge in [-0.1, -0.05) is 36.4 Å². The Bertz CT molecular complexity index is 1250. The van der Waals surface area contributed by atoms with Gasteiger partial charge in [0, 0.05) is 25.0 Å². The third-order valence-electron chi connectivity index (χ3n) is 5.03. The van der Waals surface area contributed by atoms with Crippen molar-refractivity contribution in [2.45, 2.75) is 0 Å². The van der Waals surface area contributed by atoms with Crippen molar-refractivity contribution in [3.8, 4) is 5.69 Å². The van der Waals surface area contributed by atoms with Crippen molar-refractivity contribution in [2.24, 2.45) is 0 Å². The first-order valence-corrected chi connectivity index (χ1v) is 11.5. The Balaban J connectivity index is 1.59. The highest BCUT2D eigenvalue weighted by atomic mass is 32.2. The molecule has 3 aromatic rings. The minimum absolute atomic E-state index is 0.0582. The first-order valence-electron chi connectivity index (χ1n) is 9.89. The third kappa shape index (κ3) is 4.50. The molecule has 1 N–H and O–H groups in total. The molecule has 31 heavy (non-hydrogen) atoms. The summed E-state index contributed by atoms with van der Waals surface area (Å²) >= 11 is 0. The number of fused-ring (bicyclic) bond motifs is 1. The number of nitrogens with one attached hydrogen (secondary N) is 1. The molecule has 1 aliphatic heterocycles. The molecule has 1 amide bonds. The van der Waals surface area contributed by atoms with Crippen LogP contribution >= 0.6 is 0 Å². The maximum absolute atomic E-state index is 12.9. The number of rotatable bonds is 6. The van der Waals surface area contributed by atoms with Crippen LogP contribution in [-0.2, 0) is 14.8 Å². The second-order valence-electron chi connectivity index (χ2n) is 7.03. The Morgan fingerprint density at radius 2 is 1.65 bits per heavy atom. The summed E-state index contributed by atoms with van der Waals surface area (Å²) in [6.45, 7) is 1.28. The Labute approximate surface area is 179 Å². The van der Waals surface area contributed by atoms with Gasteiger partial charge in [0.1, 0.15) is 0 Å². The number of benzene rings is 2. The largest absolute Gasteiger partial charge is 0.379 e. The van der Waals surface area contributed by atoms with E-state index in [2.05, 4.69) is 10.4 Å². The monoisotopic (exact) mass is 442 g/mol. The summed E-state index contributed by atoms with van der Waals surface area (Å²) in [5.41, 5.74) is 0.248. The SMILES string of the molecule is O=C(NCCS(=O)(=O)N1CCOCC1)c1nn(-c2ccccc2)c(=O)c2ccccc12. The summed E-state index contributed by atoms with van der Waals surface area (Å²) in [5.74, 6) is -0.771. The van der Waals surface area contributed by atoms with Crippen LogP contribution in [0.2, 0.25) is 0 Å². The number of nitrogens with zero attached hydrogens (tertiary/aromatic N) is 3. The van der Waals surface area contributed by atoms with Crippen LogP contribution in [0.1, 0.15) is 10.5 Å². The Morgan fingerprint density at radius 3 is 2.35 bits per heavy atom. The lowest BCUT2D eigenvalue weighted by Crippen LogP contribution is -2.44. The minimum atomic E-state index is -3.50. The summed E-state index contributed by atoms with van der Waals surface area (Å²) in [7, 11) is -3.50. The van der Waals surface area contributed by atoms with Gasteiger partial charge in [0.2, 0.25) is 10.0 Å². The molecule has 0 aliphatic carbocycles. The van der Waals surface area contributed by atoms with Crippen molar-refractivity contribution >= 4 is 26.7 Å². The van der Waals surface area contributed by atoms with Crippen LogP contribution in [0.25, 0.3) is 16.5 Å². The number of para-hydroxylation sites is 1. The van der Waals surface area contributed by atoms with Crippen molar-refractivity contribution in [1.82, 2.24) is 19.4 Å². The number of hydrogen-bond donors (Lipinski definition) is 1. The quantitative estimate of drug-likeness (QED) is 0.604. The molecule has 0 radical (unpaired) electrons. The highest BCUT2D eigenvalue weighted by Gasteiger charge is 2.24. The van der Waals surface area contributed by atoms with E-state index in [0.29, 0.717) is 42.8 Å². The fourth-order valence-electron chi connectivity index (χ4n) is 3.43. The molecule has 4 rings (SSSR count). The Kier molecular flexibility index (Phi) is 6.12. The van der Waals surface area contributed by atoms with Crippen LogP contribution in [0.4, 0.5) is 0 Å². The van der Waals surface area contributed by atoms with E-state index < -0.39 is 15.9 Å². The number of sulfonamides is 1. The number of carbonyl (C=O) groups is 1. The summed E-state index contributed by atoms with van der Waals surface area (Å²) in [6.07, 6.45) is 0. The molecule has 10 heteroatoms. The zero-order chi connectivity index (χ0) is 21.8. The lowest BCUT2D eigenvalue weighted by molar-refractivity contribution is 0.0730. The van der Waals surface area contributed by atoms with Gasteiger partial charge in [0.25, 0.3) is 11.5 Å². The molecule has 0 unspecified atom stereocenters. The van der Waals surface area contributed by atoms with E-state index in [1.807, 2.05) is 6.07 Å². The van der Waals surface area contributed by atoms with Gasteiger partial charge in [-0.25, -0.2) is 8.42 Å². The molecule has 0 bridgehead atoms. The highest BCUT2D eigenvalue weighted by Crippen LogP contribution is 2.15. The maximum atomic E-state index is 12.9. The molecule has 9 nitrogen and oxygen atoms in total. The lowest BCUT2D eigenvalue weighted by atomic mass is 10.1. The molecule has 1 saturated heterocycles. The van der Waals surface area contributed by atoms with Gasteiger partial charge in [-0.05, 0) is 18.2 Å². The first-order chi connectivity index (χ1) is 15.0. The predicted octanol–water partition coefficient (Wildman–Crippen LogP) is 0.778. The first kappa shape index (κ1) is 21.2. The molecule has 0 spiro atoms. The van der Waals surface area contributed by atoms with Gasteiger partial charge in [0.05, 0.1) is 30.0 Å². The second-order valence-corrected chi connectivity index (χ2v) is 9.12. The number of aromatic nitrogens is 2. The molecule has 0 saturated carbocycles.